The third-order valence-corrected chi connectivity index (χ3v) is 6.81. The summed E-state index contributed by atoms with van der Waals surface area (Å²) in [6.45, 7) is 7.56. The van der Waals surface area contributed by atoms with E-state index in [2.05, 4.69) is 45.0 Å². The van der Waals surface area contributed by atoms with Crippen molar-refractivity contribution in [2.24, 2.45) is 0 Å². The van der Waals surface area contributed by atoms with Gasteiger partial charge in [0.05, 0.1) is 22.3 Å². The van der Waals surface area contributed by atoms with Gasteiger partial charge in [-0.2, -0.15) is 5.10 Å². The zero-order valence-corrected chi connectivity index (χ0v) is 17.0. The van der Waals surface area contributed by atoms with Gasteiger partial charge in [0.25, 0.3) is 5.91 Å². The van der Waals surface area contributed by atoms with Gasteiger partial charge in [-0.05, 0) is 24.6 Å². The summed E-state index contributed by atoms with van der Waals surface area (Å²) in [6.07, 6.45) is 0. The fourth-order valence-corrected chi connectivity index (χ4v) is 4.78. The molecule has 7 nitrogen and oxygen atoms in total. The Balaban J connectivity index is 1.27. The Bertz CT molecular complexity index is 1020. The van der Waals surface area contributed by atoms with Crippen molar-refractivity contribution >= 4 is 33.3 Å². The predicted molar refractivity (Wildman–Crippen MR) is 111 cm³/mol. The van der Waals surface area contributed by atoms with Crippen LogP contribution in [0.3, 0.4) is 0 Å². The molecule has 1 unspecified atom stereocenters. The van der Waals surface area contributed by atoms with Crippen LogP contribution >= 0.6 is 11.3 Å². The van der Waals surface area contributed by atoms with Crippen molar-refractivity contribution in [2.75, 3.05) is 44.7 Å². The van der Waals surface area contributed by atoms with Crippen LogP contribution < -0.4 is 4.90 Å². The average molecular weight is 397 g/mol. The van der Waals surface area contributed by atoms with Crippen LogP contribution in [0, 0.1) is 0 Å². The molecule has 4 heterocycles. The van der Waals surface area contributed by atoms with Crippen molar-refractivity contribution in [1.29, 1.82) is 0 Å². The minimum Gasteiger partial charge on any atom is -0.353 e. The number of thiazole rings is 1. The lowest BCUT2D eigenvalue weighted by molar-refractivity contribution is 0.0743. The lowest BCUT2D eigenvalue weighted by Crippen LogP contribution is -2.47. The van der Waals surface area contributed by atoms with Crippen LogP contribution in [0.1, 0.15) is 29.0 Å². The SMILES string of the molecule is CC(c1ccc2scnc2c1)N1CCN(c2cc3n(n2)CCN(C)C3=O)CC1. The van der Waals surface area contributed by atoms with Gasteiger partial charge in [0, 0.05) is 51.9 Å². The number of rotatable bonds is 3. The van der Waals surface area contributed by atoms with Crippen LogP contribution in [-0.4, -0.2) is 70.2 Å². The fraction of sp³-hybridized carbons (Fsp3) is 0.450. The van der Waals surface area contributed by atoms with Gasteiger partial charge in [-0.3, -0.25) is 14.4 Å². The summed E-state index contributed by atoms with van der Waals surface area (Å²) in [6, 6.07) is 8.93. The number of likely N-dealkylation sites (N-methyl/N-ethyl adjacent to an activating group) is 1. The van der Waals surface area contributed by atoms with Crippen molar-refractivity contribution in [3.8, 4) is 0 Å². The fourth-order valence-electron chi connectivity index (χ4n) is 4.13. The molecule has 1 saturated heterocycles. The summed E-state index contributed by atoms with van der Waals surface area (Å²) in [5.41, 5.74) is 5.02. The quantitative estimate of drug-likeness (QED) is 0.681. The number of aromatic nitrogens is 3. The van der Waals surface area contributed by atoms with Gasteiger partial charge in [0.1, 0.15) is 5.69 Å². The summed E-state index contributed by atoms with van der Waals surface area (Å²) >= 11 is 1.69. The number of nitrogens with zero attached hydrogens (tertiary/aromatic N) is 6. The number of anilines is 1. The first-order chi connectivity index (χ1) is 13.6. The molecule has 0 bridgehead atoms. The molecule has 5 rings (SSSR count). The summed E-state index contributed by atoms with van der Waals surface area (Å²) in [7, 11) is 1.85. The van der Waals surface area contributed by atoms with Crippen LogP contribution in [0.15, 0.2) is 29.8 Å². The smallest absolute Gasteiger partial charge is 0.272 e. The van der Waals surface area contributed by atoms with E-state index in [9.17, 15) is 4.79 Å². The predicted octanol–water partition coefficient (Wildman–Crippen LogP) is 2.46. The normalized spacial score (nSPS) is 19.3. The first-order valence-electron chi connectivity index (χ1n) is 9.75. The Labute approximate surface area is 168 Å². The summed E-state index contributed by atoms with van der Waals surface area (Å²) in [4.78, 5) is 23.3. The molecular weight excluding hydrogens is 372 g/mol. The molecule has 1 atom stereocenters. The number of fused-ring (bicyclic) bond motifs is 2. The highest BCUT2D eigenvalue weighted by molar-refractivity contribution is 7.16. The second-order valence-corrected chi connectivity index (χ2v) is 8.50. The van der Waals surface area contributed by atoms with E-state index >= 15 is 0 Å². The maximum absolute atomic E-state index is 12.3. The van der Waals surface area contributed by atoms with Gasteiger partial charge >= 0.3 is 0 Å². The average Bonchev–Trinajstić information content (AvgIpc) is 3.37. The minimum absolute atomic E-state index is 0.0645. The van der Waals surface area contributed by atoms with E-state index in [-0.39, 0.29) is 5.91 Å². The molecule has 1 aromatic carbocycles. The number of hydrogen-bond acceptors (Lipinski definition) is 6. The van der Waals surface area contributed by atoms with Crippen LogP contribution in [0.5, 0.6) is 0 Å². The zero-order valence-electron chi connectivity index (χ0n) is 16.2. The topological polar surface area (TPSA) is 57.5 Å². The first kappa shape index (κ1) is 17.6. The molecule has 146 valence electrons. The molecule has 0 N–H and O–H groups in total. The minimum atomic E-state index is 0.0645. The van der Waals surface area contributed by atoms with Gasteiger partial charge in [0.2, 0.25) is 0 Å². The number of carbonyl (C=O) groups excluding carboxylic acids is 1. The highest BCUT2D eigenvalue weighted by atomic mass is 32.1. The molecule has 28 heavy (non-hydrogen) atoms. The second-order valence-electron chi connectivity index (χ2n) is 7.62. The van der Waals surface area contributed by atoms with E-state index < -0.39 is 0 Å². The van der Waals surface area contributed by atoms with Gasteiger partial charge in [0.15, 0.2) is 5.82 Å². The lowest BCUT2D eigenvalue weighted by atomic mass is 10.1. The Hall–Kier alpha value is -2.45. The van der Waals surface area contributed by atoms with E-state index in [0.717, 1.165) is 50.6 Å². The Morgan fingerprint density at radius 1 is 1.07 bits per heavy atom. The Morgan fingerprint density at radius 2 is 1.89 bits per heavy atom. The van der Waals surface area contributed by atoms with E-state index in [0.29, 0.717) is 11.7 Å². The molecule has 2 aliphatic rings. The molecule has 0 saturated carbocycles. The molecule has 0 radical (unpaired) electrons. The number of benzene rings is 1. The van der Waals surface area contributed by atoms with Crippen molar-refractivity contribution in [3.63, 3.8) is 0 Å². The largest absolute Gasteiger partial charge is 0.353 e. The van der Waals surface area contributed by atoms with Gasteiger partial charge in [-0.1, -0.05) is 6.07 Å². The number of hydrogen-bond donors (Lipinski definition) is 0. The van der Waals surface area contributed by atoms with Gasteiger partial charge < -0.3 is 9.80 Å². The molecule has 1 fully saturated rings. The second kappa shape index (κ2) is 6.86. The molecule has 3 aromatic rings. The first-order valence-corrected chi connectivity index (χ1v) is 10.6. The molecule has 2 aliphatic heterocycles. The molecule has 2 aromatic heterocycles. The highest BCUT2D eigenvalue weighted by Gasteiger charge is 2.28. The number of carbonyl (C=O) groups is 1. The summed E-state index contributed by atoms with van der Waals surface area (Å²) in [5, 5.41) is 4.69. The molecule has 8 heteroatoms. The van der Waals surface area contributed by atoms with E-state index in [1.165, 1.54) is 10.3 Å². The van der Waals surface area contributed by atoms with Gasteiger partial charge in [-0.15, -0.1) is 11.3 Å². The van der Waals surface area contributed by atoms with Crippen molar-refractivity contribution < 1.29 is 4.79 Å². The van der Waals surface area contributed by atoms with Crippen LogP contribution in [0.4, 0.5) is 5.82 Å². The van der Waals surface area contributed by atoms with Crippen LogP contribution in [0.25, 0.3) is 10.2 Å². The summed E-state index contributed by atoms with van der Waals surface area (Å²) in [5.74, 6) is 0.990. The van der Waals surface area contributed by atoms with Crippen molar-refractivity contribution in [2.45, 2.75) is 19.5 Å². The maximum Gasteiger partial charge on any atom is 0.272 e. The molecule has 0 aliphatic carbocycles. The van der Waals surface area contributed by atoms with Gasteiger partial charge in [-0.25, -0.2) is 4.98 Å². The number of piperazine rings is 1. The maximum atomic E-state index is 12.3. The Kier molecular flexibility index (Phi) is 4.32. The monoisotopic (exact) mass is 396 g/mol. The molecular formula is C20H24N6OS. The van der Waals surface area contributed by atoms with Crippen LogP contribution in [0.2, 0.25) is 0 Å². The van der Waals surface area contributed by atoms with E-state index in [1.54, 1.807) is 16.2 Å². The Morgan fingerprint density at radius 3 is 2.71 bits per heavy atom. The van der Waals surface area contributed by atoms with E-state index in [1.807, 2.05) is 23.3 Å². The van der Waals surface area contributed by atoms with E-state index in [4.69, 9.17) is 0 Å². The number of amides is 1. The highest BCUT2D eigenvalue weighted by Crippen LogP contribution is 2.27. The van der Waals surface area contributed by atoms with Crippen LogP contribution in [-0.2, 0) is 6.54 Å². The standard InChI is InChI=1S/C20H24N6OS/c1-14(15-3-4-18-16(11-15)21-13-28-18)24-6-8-25(9-7-24)19-12-17-20(27)23(2)5-10-26(17)22-19/h3-4,11-14H,5-10H2,1-2H3. The third kappa shape index (κ3) is 2.97. The summed E-state index contributed by atoms with van der Waals surface area (Å²) < 4.78 is 3.10. The lowest BCUT2D eigenvalue weighted by Gasteiger charge is -2.38. The third-order valence-electron chi connectivity index (χ3n) is 6.00. The zero-order chi connectivity index (χ0) is 19.3. The molecule has 1 amide bonds. The molecule has 0 spiro atoms. The van der Waals surface area contributed by atoms with Crippen molar-refractivity contribution in [1.82, 2.24) is 24.6 Å². The van der Waals surface area contributed by atoms with Crippen molar-refractivity contribution in [3.05, 3.63) is 41.0 Å².